The molecule has 2 amide bonds. The van der Waals surface area contributed by atoms with E-state index in [0.717, 1.165) is 0 Å². The van der Waals surface area contributed by atoms with Crippen LogP contribution in [0.15, 0.2) is 0 Å². The van der Waals surface area contributed by atoms with Crippen molar-refractivity contribution in [1.82, 2.24) is 10.6 Å². The number of amides is 2. The fraction of sp³-hybridized carbons (Fsp3) is 0.667. The van der Waals surface area contributed by atoms with Crippen molar-refractivity contribution in [2.75, 3.05) is 26.1 Å². The van der Waals surface area contributed by atoms with Gasteiger partial charge in [-0.25, -0.2) is 4.79 Å². The minimum atomic E-state index is -1.69. The third-order valence-corrected chi connectivity index (χ3v) is 2.30. The molecular formula is C21H42N4O9+2. The van der Waals surface area contributed by atoms with Crippen LogP contribution >= 0.6 is 0 Å². The van der Waals surface area contributed by atoms with E-state index in [1.807, 2.05) is 26.1 Å². The van der Waals surface area contributed by atoms with E-state index >= 15 is 0 Å². The van der Waals surface area contributed by atoms with Gasteiger partial charge in [0.05, 0.1) is 14.2 Å². The van der Waals surface area contributed by atoms with E-state index in [1.54, 1.807) is 20.8 Å². The Balaban J connectivity index is -0.000000135. The van der Waals surface area contributed by atoms with Crippen molar-refractivity contribution in [3.05, 3.63) is 0 Å². The van der Waals surface area contributed by atoms with E-state index in [9.17, 15) is 24.0 Å². The van der Waals surface area contributed by atoms with Crippen LogP contribution in [0.5, 0.6) is 0 Å². The van der Waals surface area contributed by atoms with Crippen molar-refractivity contribution in [2.24, 2.45) is 5.73 Å². The number of ether oxygens (including phenoxy) is 2. The van der Waals surface area contributed by atoms with Gasteiger partial charge in [0.1, 0.15) is 20.5 Å². The first kappa shape index (κ1) is 30.6. The third kappa shape index (κ3) is 42.7. The van der Waals surface area contributed by atoms with E-state index in [2.05, 4.69) is 17.5 Å². The second kappa shape index (κ2) is 21.5. The van der Waals surface area contributed by atoms with Gasteiger partial charge in [0.15, 0.2) is 6.52 Å². The van der Waals surface area contributed by atoms with Crippen LogP contribution in [0.25, 0.3) is 0 Å². The number of aliphatic carboxylic acids is 2. The zero-order valence-corrected chi connectivity index (χ0v) is 20.6. The topological polar surface area (TPSA) is 222 Å². The maximum absolute atomic E-state index is 10.9. The number of hydrogen-bond acceptors (Lipinski definition) is 8. The van der Waals surface area contributed by atoms with Crippen LogP contribution < -0.4 is 22.1 Å². The van der Waals surface area contributed by atoms with Crippen molar-refractivity contribution in [3.63, 3.8) is 0 Å². The van der Waals surface area contributed by atoms with Crippen LogP contribution in [0.1, 0.15) is 59.9 Å². The molecule has 2 atom stereocenters. The molecule has 13 nitrogen and oxygen atoms in total. The molecule has 0 bridgehead atoms. The van der Waals surface area contributed by atoms with Crippen molar-refractivity contribution >= 4 is 29.9 Å². The van der Waals surface area contributed by atoms with Gasteiger partial charge in [0, 0.05) is 13.1 Å². The summed E-state index contributed by atoms with van der Waals surface area (Å²) in [6.45, 7) is 8.09. The highest BCUT2D eigenvalue weighted by Crippen LogP contribution is 2.07. The number of esters is 1. The molecule has 9 N–H and O–H groups in total. The van der Waals surface area contributed by atoms with E-state index in [4.69, 9.17) is 29.5 Å². The number of nitrogens with two attached hydrogens (primary N) is 1. The van der Waals surface area contributed by atoms with E-state index < -0.39 is 42.6 Å². The van der Waals surface area contributed by atoms with Gasteiger partial charge in [0.2, 0.25) is 0 Å². The molecule has 13 heteroatoms. The van der Waals surface area contributed by atoms with Crippen molar-refractivity contribution < 1.29 is 54.9 Å². The van der Waals surface area contributed by atoms with Gasteiger partial charge in [-0.3, -0.25) is 19.2 Å². The maximum Gasteiger partial charge on any atom is 1.00 e. The maximum atomic E-state index is 10.9. The quantitative estimate of drug-likeness (QED) is 0.185. The van der Waals surface area contributed by atoms with Crippen molar-refractivity contribution in [3.8, 4) is 12.8 Å². The lowest BCUT2D eigenvalue weighted by molar-refractivity contribution is -0.355. The summed E-state index contributed by atoms with van der Waals surface area (Å²) in [5.41, 5.74) is 7.22. The van der Waals surface area contributed by atoms with Crippen LogP contribution in [0.3, 0.4) is 0 Å². The Morgan fingerprint density at radius 1 is 1.00 bits per heavy atom. The monoisotopic (exact) mass is 497 g/mol. The van der Waals surface area contributed by atoms with Gasteiger partial charge in [0.25, 0.3) is 5.91 Å². The lowest BCUT2D eigenvalue weighted by atomic mass is 10.2. The Bertz CT molecular complexity index is 750. The van der Waals surface area contributed by atoms with Gasteiger partial charge in [-0.1, -0.05) is 0 Å². The Morgan fingerprint density at radius 3 is 1.79 bits per heavy atom. The van der Waals surface area contributed by atoms with Crippen molar-refractivity contribution in [1.29, 1.82) is 0 Å². The summed E-state index contributed by atoms with van der Waals surface area (Å²) >= 11 is 0. The predicted molar refractivity (Wildman–Crippen MR) is 125 cm³/mol. The molecule has 0 aliphatic rings. The Labute approximate surface area is 206 Å². The highest BCUT2D eigenvalue weighted by Gasteiger charge is 2.16. The number of carbonyl (C=O) groups excluding carboxylic acids is 3. The molecule has 0 spiro atoms. The van der Waals surface area contributed by atoms with Crippen LogP contribution in [-0.4, -0.2) is 77.5 Å². The normalized spacial score (nSPS) is 12.6. The summed E-state index contributed by atoms with van der Waals surface area (Å²) < 4.78 is 29.1. The van der Waals surface area contributed by atoms with Crippen LogP contribution in [0, 0.1) is 12.8 Å². The number of carboxylic acid groups (broad SMARTS) is 2. The number of quaternary nitrogens is 1. The smallest absolute Gasteiger partial charge is 0.481 e. The number of nitrogens with one attached hydrogen (secondary N) is 2. The molecule has 198 valence electrons. The minimum absolute atomic E-state index is 0. The molecular weight excluding hydrogens is 452 g/mol. The largest absolute Gasteiger partial charge is 1.00 e. The number of alkyl carbamates (subject to hydrolysis) is 1. The molecule has 0 saturated carbocycles. The SMILES string of the molecule is CC(C)(C)OC(=O)CCN.[2H]C#C.[2H]C([NH3+])C(=O)NCCC(=O)O.[2H][C@@H](NC(=O)OC(C)(C)C)C(=O)O.[H+]. The molecule has 0 radical (unpaired) electrons. The first-order valence-corrected chi connectivity index (χ1v) is 9.82. The van der Waals surface area contributed by atoms with Crippen LogP contribution in [0.2, 0.25) is 0 Å². The first-order chi connectivity index (χ1) is 16.6. The highest BCUT2D eigenvalue weighted by atomic mass is 16.6. The number of carbonyl (C=O) groups is 5. The lowest BCUT2D eigenvalue weighted by Crippen LogP contribution is -2.57. The third-order valence-electron chi connectivity index (χ3n) is 2.30. The Morgan fingerprint density at radius 2 is 1.47 bits per heavy atom. The van der Waals surface area contributed by atoms with E-state index in [1.165, 1.54) is 6.40 Å². The second-order valence-corrected chi connectivity index (χ2v) is 7.89. The first-order valence-electron chi connectivity index (χ1n) is 11.5. The number of carboxylic acids is 2. The van der Waals surface area contributed by atoms with E-state index in [0.29, 0.717) is 13.0 Å². The molecule has 0 heterocycles. The molecule has 0 aromatic heterocycles. The zero-order valence-electron chi connectivity index (χ0n) is 24.6. The molecule has 34 heavy (non-hydrogen) atoms. The zero-order chi connectivity index (χ0) is 30.4. The molecule has 0 rings (SSSR count). The average molecular weight is 498 g/mol. The summed E-state index contributed by atoms with van der Waals surface area (Å²) in [4.78, 5) is 52.3. The molecule has 0 aromatic carbocycles. The summed E-state index contributed by atoms with van der Waals surface area (Å²) in [7, 11) is 0. The van der Waals surface area contributed by atoms with Crippen molar-refractivity contribution in [2.45, 2.75) is 65.6 Å². The Hall–Kier alpha value is -3.37. The van der Waals surface area contributed by atoms with Gasteiger partial charge in [-0.2, -0.15) is 0 Å². The number of hydrogen-bond donors (Lipinski definition) is 6. The molecule has 0 saturated heterocycles. The molecule has 0 fully saturated rings. The molecule has 1 unspecified atom stereocenters. The second-order valence-electron chi connectivity index (χ2n) is 7.89. The Kier molecular flexibility index (Phi) is 19.3. The molecule has 0 aliphatic carbocycles. The van der Waals surface area contributed by atoms with Crippen LogP contribution in [-0.2, 0) is 28.7 Å². The lowest BCUT2D eigenvalue weighted by Gasteiger charge is -2.19. The summed E-state index contributed by atoms with van der Waals surface area (Å²) in [6.07, 6.45) is 5.03. The fourth-order valence-corrected chi connectivity index (χ4v) is 1.30. The fourth-order valence-electron chi connectivity index (χ4n) is 1.30. The van der Waals surface area contributed by atoms with Crippen LogP contribution in [0.4, 0.5) is 4.79 Å². The summed E-state index contributed by atoms with van der Waals surface area (Å²) in [5.74, 6) is -3.18. The molecule has 0 aromatic rings. The van der Waals surface area contributed by atoms with Gasteiger partial charge < -0.3 is 41.8 Å². The van der Waals surface area contributed by atoms with E-state index in [-0.39, 0.29) is 26.0 Å². The summed E-state index contributed by atoms with van der Waals surface area (Å²) in [5, 5.41) is 20.5. The van der Waals surface area contributed by atoms with Gasteiger partial charge in [-0.15, -0.1) is 12.8 Å². The average Bonchev–Trinajstić information content (AvgIpc) is 2.66. The van der Waals surface area contributed by atoms with Gasteiger partial charge in [-0.05, 0) is 41.5 Å². The standard InChI is InChI=1S/C7H13NO4.C7H15NO2.C5H10N2O3.C2H2/c1-7(2,3)12-6(11)8-4-5(9)10;1-7(2,3)10-6(9)4-5-8;6-3-4(8)7-2-1-5(9)10;1-2/h4H2,1-3H3,(H,8,11)(H,9,10);4-5,8H2,1-3H3;1-3,6H2,(H,7,8)(H,9,10);1-2H/p+2/i4D;;3D;1D/t4-;;;/m1.../s1. The predicted octanol–water partition coefficient (Wildman–Crippen LogP) is -0.546. The number of rotatable bonds is 8. The number of terminal acetylenes is 1. The highest BCUT2D eigenvalue weighted by molar-refractivity contribution is 5.77. The molecule has 0 aliphatic heterocycles. The summed E-state index contributed by atoms with van der Waals surface area (Å²) in [6, 6.07) is 0. The minimum Gasteiger partial charge on any atom is -0.481 e. The van der Waals surface area contributed by atoms with Gasteiger partial charge >= 0.3 is 25.4 Å².